The fourth-order valence-corrected chi connectivity index (χ4v) is 4.15. The Morgan fingerprint density at radius 2 is 1.68 bits per heavy atom. The van der Waals surface area contributed by atoms with Crippen LogP contribution in [-0.4, -0.2) is 34.6 Å². The van der Waals surface area contributed by atoms with Gasteiger partial charge in [0.05, 0.1) is 0 Å². The third kappa shape index (κ3) is 8.23. The van der Waals surface area contributed by atoms with Crippen molar-refractivity contribution in [2.24, 2.45) is 0 Å². The molecule has 0 saturated heterocycles. The van der Waals surface area contributed by atoms with E-state index >= 15 is 0 Å². The van der Waals surface area contributed by atoms with Crippen molar-refractivity contribution in [3.05, 3.63) is 64.7 Å². The summed E-state index contributed by atoms with van der Waals surface area (Å²) in [5.41, 5.74) is 2.20. The molecule has 0 aromatic heterocycles. The van der Waals surface area contributed by atoms with Crippen molar-refractivity contribution in [1.29, 1.82) is 0 Å². The summed E-state index contributed by atoms with van der Waals surface area (Å²) in [5, 5.41) is 3.74. The quantitative estimate of drug-likeness (QED) is 0.427. The number of amides is 2. The Balaban J connectivity index is 2.12. The second-order valence-electron chi connectivity index (χ2n) is 7.80. The Kier molecular flexibility index (Phi) is 10.4. The molecule has 0 aliphatic heterocycles. The molecule has 0 bridgehead atoms. The minimum absolute atomic E-state index is 0.00631. The van der Waals surface area contributed by atoms with Crippen LogP contribution in [-0.2, 0) is 16.1 Å². The Morgan fingerprint density at radius 3 is 2.26 bits per heavy atom. The van der Waals surface area contributed by atoms with Crippen LogP contribution in [0.15, 0.2) is 53.4 Å². The van der Waals surface area contributed by atoms with Crippen LogP contribution in [0.2, 0.25) is 5.02 Å². The molecule has 0 unspecified atom stereocenters. The maximum Gasteiger partial charge on any atom is 0.243 e. The number of nitrogens with zero attached hydrogens (tertiary/aromatic N) is 1. The van der Waals surface area contributed by atoms with Crippen molar-refractivity contribution in [2.45, 2.75) is 70.5 Å². The lowest BCUT2D eigenvalue weighted by Crippen LogP contribution is -2.50. The number of nitrogens with one attached hydrogen (secondary N) is 1. The first-order valence-electron chi connectivity index (χ1n) is 10.9. The van der Waals surface area contributed by atoms with E-state index in [1.807, 2.05) is 76.2 Å². The van der Waals surface area contributed by atoms with Crippen molar-refractivity contribution < 1.29 is 9.59 Å². The summed E-state index contributed by atoms with van der Waals surface area (Å²) in [6, 6.07) is 15.3. The number of carbonyl (C=O) groups is 2. The summed E-state index contributed by atoms with van der Waals surface area (Å²) < 4.78 is 0. The third-order valence-corrected chi connectivity index (χ3v) is 6.52. The zero-order chi connectivity index (χ0) is 22.8. The van der Waals surface area contributed by atoms with Gasteiger partial charge in [-0.15, -0.1) is 11.8 Å². The standard InChI is InChI=1S/C25H33ClN2O2S/c1-5-19(4)27-25(30)23(6-2)28(17-20-9-7-18(3)8-10-20)24(29)15-16-31-22-13-11-21(26)12-14-22/h7-14,19,23H,5-6,15-17H2,1-4H3,(H,27,30)/t19-,23+/m1/s1. The SMILES string of the molecule is CC[C@@H](C)NC(=O)[C@H](CC)N(Cc1ccc(C)cc1)C(=O)CCSc1ccc(Cl)cc1. The number of aryl methyl sites for hydroxylation is 1. The molecule has 2 atom stereocenters. The number of halogens is 1. The maximum atomic E-state index is 13.2. The van der Waals surface area contributed by atoms with E-state index in [1.54, 1.807) is 16.7 Å². The Bertz CT molecular complexity index is 840. The lowest BCUT2D eigenvalue weighted by molar-refractivity contribution is -0.141. The van der Waals surface area contributed by atoms with Crippen LogP contribution in [0.4, 0.5) is 0 Å². The summed E-state index contributed by atoms with van der Waals surface area (Å²) in [4.78, 5) is 29.0. The number of carbonyl (C=O) groups excluding carboxylic acids is 2. The first-order valence-corrected chi connectivity index (χ1v) is 12.2. The molecule has 2 aromatic rings. The molecule has 31 heavy (non-hydrogen) atoms. The van der Waals surface area contributed by atoms with Gasteiger partial charge in [0, 0.05) is 34.7 Å². The topological polar surface area (TPSA) is 49.4 Å². The van der Waals surface area contributed by atoms with Crippen LogP contribution in [0.25, 0.3) is 0 Å². The minimum atomic E-state index is -0.483. The summed E-state index contributed by atoms with van der Waals surface area (Å²) >= 11 is 7.56. The van der Waals surface area contributed by atoms with E-state index in [2.05, 4.69) is 5.32 Å². The van der Waals surface area contributed by atoms with Crippen LogP contribution < -0.4 is 5.32 Å². The highest BCUT2D eigenvalue weighted by Crippen LogP contribution is 2.22. The molecule has 2 aromatic carbocycles. The summed E-state index contributed by atoms with van der Waals surface area (Å²) in [7, 11) is 0. The average Bonchev–Trinajstić information content (AvgIpc) is 2.76. The molecule has 2 rings (SSSR count). The Labute approximate surface area is 195 Å². The third-order valence-electron chi connectivity index (χ3n) is 5.26. The van der Waals surface area contributed by atoms with Crippen molar-refractivity contribution in [3.8, 4) is 0 Å². The molecular weight excluding hydrogens is 428 g/mol. The van der Waals surface area contributed by atoms with Crippen molar-refractivity contribution in [3.63, 3.8) is 0 Å². The lowest BCUT2D eigenvalue weighted by atomic mass is 10.1. The summed E-state index contributed by atoms with van der Waals surface area (Å²) in [6.07, 6.45) is 1.79. The molecule has 2 amide bonds. The lowest BCUT2D eigenvalue weighted by Gasteiger charge is -2.31. The highest BCUT2D eigenvalue weighted by Gasteiger charge is 2.28. The van der Waals surface area contributed by atoms with Crippen LogP contribution in [0, 0.1) is 6.92 Å². The second-order valence-corrected chi connectivity index (χ2v) is 9.41. The van der Waals surface area contributed by atoms with Crippen LogP contribution in [0.5, 0.6) is 0 Å². The van der Waals surface area contributed by atoms with Gasteiger partial charge in [-0.3, -0.25) is 9.59 Å². The monoisotopic (exact) mass is 460 g/mol. The molecule has 0 aliphatic rings. The molecule has 0 spiro atoms. The van der Waals surface area contributed by atoms with Gasteiger partial charge in [-0.1, -0.05) is 55.3 Å². The molecule has 168 valence electrons. The van der Waals surface area contributed by atoms with Gasteiger partial charge in [-0.2, -0.15) is 0 Å². The number of hydrogen-bond acceptors (Lipinski definition) is 3. The average molecular weight is 461 g/mol. The van der Waals surface area contributed by atoms with Gasteiger partial charge in [-0.05, 0) is 56.5 Å². The molecule has 6 heteroatoms. The van der Waals surface area contributed by atoms with Gasteiger partial charge in [-0.25, -0.2) is 0 Å². The fourth-order valence-electron chi connectivity index (χ4n) is 3.18. The molecule has 0 fully saturated rings. The van der Waals surface area contributed by atoms with E-state index < -0.39 is 6.04 Å². The van der Waals surface area contributed by atoms with Crippen molar-refractivity contribution >= 4 is 35.2 Å². The first-order chi connectivity index (χ1) is 14.8. The first kappa shape index (κ1) is 25.3. The summed E-state index contributed by atoms with van der Waals surface area (Å²) in [5.74, 6) is 0.560. The number of benzene rings is 2. The van der Waals surface area contributed by atoms with Gasteiger partial charge >= 0.3 is 0 Å². The molecule has 0 radical (unpaired) electrons. The minimum Gasteiger partial charge on any atom is -0.352 e. The molecule has 0 saturated carbocycles. The van der Waals surface area contributed by atoms with E-state index in [9.17, 15) is 9.59 Å². The fraction of sp³-hybridized carbons (Fsp3) is 0.440. The smallest absolute Gasteiger partial charge is 0.243 e. The maximum absolute atomic E-state index is 13.2. The molecule has 0 heterocycles. The van der Waals surface area contributed by atoms with E-state index in [0.29, 0.717) is 30.2 Å². The molecule has 4 nitrogen and oxygen atoms in total. The van der Waals surface area contributed by atoms with E-state index in [-0.39, 0.29) is 17.9 Å². The van der Waals surface area contributed by atoms with Crippen LogP contribution in [0.3, 0.4) is 0 Å². The normalized spacial score (nSPS) is 12.8. The Hall–Kier alpha value is -1.98. The van der Waals surface area contributed by atoms with Crippen molar-refractivity contribution in [1.82, 2.24) is 10.2 Å². The second kappa shape index (κ2) is 12.8. The van der Waals surface area contributed by atoms with Crippen molar-refractivity contribution in [2.75, 3.05) is 5.75 Å². The van der Waals surface area contributed by atoms with Gasteiger partial charge in [0.1, 0.15) is 6.04 Å². The van der Waals surface area contributed by atoms with Gasteiger partial charge in [0.25, 0.3) is 0 Å². The van der Waals surface area contributed by atoms with Crippen LogP contribution in [0.1, 0.15) is 51.2 Å². The summed E-state index contributed by atoms with van der Waals surface area (Å²) in [6.45, 7) is 8.44. The van der Waals surface area contributed by atoms with Gasteiger partial charge < -0.3 is 10.2 Å². The van der Waals surface area contributed by atoms with Gasteiger partial charge in [0.15, 0.2) is 0 Å². The van der Waals surface area contributed by atoms with Gasteiger partial charge in [0.2, 0.25) is 11.8 Å². The zero-order valence-electron chi connectivity index (χ0n) is 18.9. The molecule has 0 aliphatic carbocycles. The van der Waals surface area contributed by atoms with E-state index in [4.69, 9.17) is 11.6 Å². The number of thioether (sulfide) groups is 1. The largest absolute Gasteiger partial charge is 0.352 e. The number of hydrogen-bond donors (Lipinski definition) is 1. The van der Waals surface area contributed by atoms with E-state index in [0.717, 1.165) is 16.9 Å². The predicted octanol–water partition coefficient (Wildman–Crippen LogP) is 5.85. The van der Waals surface area contributed by atoms with Crippen LogP contribution >= 0.6 is 23.4 Å². The predicted molar refractivity (Wildman–Crippen MR) is 130 cm³/mol. The zero-order valence-corrected chi connectivity index (χ0v) is 20.4. The highest BCUT2D eigenvalue weighted by atomic mass is 35.5. The van der Waals surface area contributed by atoms with E-state index in [1.165, 1.54) is 5.56 Å². The number of rotatable bonds is 11. The Morgan fingerprint density at radius 1 is 1.03 bits per heavy atom. The molecule has 1 N–H and O–H groups in total. The molecular formula is C25H33ClN2O2S. The highest BCUT2D eigenvalue weighted by molar-refractivity contribution is 7.99.